The standard InChI is InChI=1S/C41H37Br2N3O4S2/c1-40(2,3)30-12-24-38(45-51(47,48)36-20-14-32(42)15-21-36)28(26-30)10-18-34-8-7-9-35(44-34)19-11-29-27-31(41(4,5)6)13-25-39(29)46-52(49,50)37-22-16-33(43)17-23-37/h7-9,12-17,20-27,45-46H,1-6H3. The monoisotopic (exact) mass is 857 g/mol. The highest BCUT2D eigenvalue weighted by molar-refractivity contribution is 9.10. The first-order valence-corrected chi connectivity index (χ1v) is 20.7. The molecule has 266 valence electrons. The zero-order valence-corrected chi connectivity index (χ0v) is 34.3. The third kappa shape index (κ3) is 9.93. The van der Waals surface area contributed by atoms with Crippen LogP contribution in [-0.2, 0) is 30.9 Å². The number of benzene rings is 4. The first-order valence-electron chi connectivity index (χ1n) is 16.2. The number of aromatic nitrogens is 1. The van der Waals surface area contributed by atoms with Crippen molar-refractivity contribution in [3.63, 3.8) is 0 Å². The topological polar surface area (TPSA) is 105 Å². The van der Waals surface area contributed by atoms with Gasteiger partial charge in [-0.2, -0.15) is 0 Å². The van der Waals surface area contributed by atoms with E-state index in [-0.39, 0.29) is 20.6 Å². The van der Waals surface area contributed by atoms with Gasteiger partial charge in [0.05, 0.1) is 21.2 Å². The van der Waals surface area contributed by atoms with Crippen molar-refractivity contribution in [1.82, 2.24) is 4.98 Å². The van der Waals surface area contributed by atoms with Crippen LogP contribution in [0.25, 0.3) is 0 Å². The molecule has 0 radical (unpaired) electrons. The molecule has 0 saturated carbocycles. The van der Waals surface area contributed by atoms with E-state index in [2.05, 4.69) is 112 Å². The van der Waals surface area contributed by atoms with Crippen LogP contribution in [0, 0.1) is 23.7 Å². The minimum Gasteiger partial charge on any atom is -0.278 e. The van der Waals surface area contributed by atoms with Crippen LogP contribution < -0.4 is 9.44 Å². The van der Waals surface area contributed by atoms with Crippen LogP contribution >= 0.6 is 31.9 Å². The SMILES string of the molecule is CC(C)(C)c1ccc(NS(=O)(=O)c2ccc(Br)cc2)c(C#Cc2cccc(C#Cc3cc(C(C)(C)C)ccc3NS(=O)(=O)c3ccc(Br)cc3)n2)c1. The zero-order valence-electron chi connectivity index (χ0n) is 29.5. The second kappa shape index (κ2) is 15.3. The molecule has 0 saturated heterocycles. The second-order valence-electron chi connectivity index (χ2n) is 14.0. The van der Waals surface area contributed by atoms with E-state index in [1.807, 2.05) is 24.3 Å². The molecule has 0 spiro atoms. The molecule has 5 aromatic rings. The summed E-state index contributed by atoms with van der Waals surface area (Å²) in [5.41, 5.74) is 4.09. The Balaban J connectivity index is 1.50. The molecule has 0 amide bonds. The molecule has 7 nitrogen and oxygen atoms in total. The number of hydrogen-bond acceptors (Lipinski definition) is 5. The average Bonchev–Trinajstić information content (AvgIpc) is 3.06. The van der Waals surface area contributed by atoms with E-state index in [1.165, 1.54) is 24.3 Å². The summed E-state index contributed by atoms with van der Waals surface area (Å²) in [5, 5.41) is 0. The van der Waals surface area contributed by atoms with E-state index in [0.29, 0.717) is 33.9 Å². The van der Waals surface area contributed by atoms with Crippen LogP contribution in [-0.4, -0.2) is 21.8 Å². The molecule has 4 aromatic carbocycles. The molecule has 0 atom stereocenters. The largest absolute Gasteiger partial charge is 0.278 e. The highest BCUT2D eigenvalue weighted by Gasteiger charge is 2.21. The van der Waals surface area contributed by atoms with E-state index in [4.69, 9.17) is 0 Å². The fourth-order valence-electron chi connectivity index (χ4n) is 4.88. The van der Waals surface area contributed by atoms with Crippen LogP contribution in [0.3, 0.4) is 0 Å². The number of halogens is 2. The number of pyridine rings is 1. The number of anilines is 2. The summed E-state index contributed by atoms with van der Waals surface area (Å²) in [7, 11) is -7.77. The molecule has 1 heterocycles. The molecule has 0 aliphatic rings. The lowest BCUT2D eigenvalue weighted by Gasteiger charge is -2.20. The molecule has 11 heteroatoms. The minimum absolute atomic E-state index is 0.125. The first-order chi connectivity index (χ1) is 24.3. The van der Waals surface area contributed by atoms with Crippen molar-refractivity contribution in [3.8, 4) is 23.7 Å². The van der Waals surface area contributed by atoms with Crippen LogP contribution in [0.5, 0.6) is 0 Å². The molecular formula is C41H37Br2N3O4S2. The Bertz CT molecular complexity index is 2310. The zero-order chi connectivity index (χ0) is 37.9. The van der Waals surface area contributed by atoms with Gasteiger partial charge in [0.1, 0.15) is 11.4 Å². The summed E-state index contributed by atoms with van der Waals surface area (Å²) in [6, 6.07) is 29.1. The maximum absolute atomic E-state index is 13.3. The first kappa shape index (κ1) is 38.8. The van der Waals surface area contributed by atoms with Crippen molar-refractivity contribution < 1.29 is 16.8 Å². The number of nitrogens with zero attached hydrogens (tertiary/aromatic N) is 1. The maximum atomic E-state index is 13.3. The second-order valence-corrected chi connectivity index (χ2v) is 19.2. The lowest BCUT2D eigenvalue weighted by Crippen LogP contribution is -2.15. The molecule has 1 aromatic heterocycles. The molecular weight excluding hydrogens is 822 g/mol. The third-order valence-corrected chi connectivity index (χ3v) is 11.7. The highest BCUT2D eigenvalue weighted by Crippen LogP contribution is 2.30. The Morgan fingerprint density at radius 1 is 0.519 bits per heavy atom. The summed E-state index contributed by atoms with van der Waals surface area (Å²) in [6.07, 6.45) is 0. The van der Waals surface area contributed by atoms with Gasteiger partial charge in [0.25, 0.3) is 20.0 Å². The van der Waals surface area contributed by atoms with Gasteiger partial charge in [-0.1, -0.05) is 103 Å². The summed E-state index contributed by atoms with van der Waals surface area (Å²) in [6.45, 7) is 12.4. The van der Waals surface area contributed by atoms with Gasteiger partial charge in [-0.05, 0) is 119 Å². The van der Waals surface area contributed by atoms with E-state index in [9.17, 15) is 16.8 Å². The van der Waals surface area contributed by atoms with Gasteiger partial charge < -0.3 is 0 Å². The van der Waals surface area contributed by atoms with Crippen LogP contribution in [0.2, 0.25) is 0 Å². The normalized spacial score (nSPS) is 11.8. The maximum Gasteiger partial charge on any atom is 0.261 e. The molecule has 2 N–H and O–H groups in total. The van der Waals surface area contributed by atoms with Gasteiger partial charge in [0.15, 0.2) is 0 Å². The van der Waals surface area contributed by atoms with Crippen molar-refractivity contribution >= 4 is 63.3 Å². The van der Waals surface area contributed by atoms with E-state index in [0.717, 1.165) is 20.1 Å². The van der Waals surface area contributed by atoms with Crippen LogP contribution in [0.15, 0.2) is 122 Å². The molecule has 5 rings (SSSR count). The predicted octanol–water partition coefficient (Wildman–Crippen LogP) is 9.60. The fourth-order valence-corrected chi connectivity index (χ4v) is 7.57. The number of hydrogen-bond donors (Lipinski definition) is 2. The number of rotatable bonds is 6. The van der Waals surface area contributed by atoms with Crippen LogP contribution in [0.1, 0.15) is 75.2 Å². The Morgan fingerprint density at radius 2 is 0.885 bits per heavy atom. The molecule has 0 aliphatic carbocycles. The highest BCUT2D eigenvalue weighted by atomic mass is 79.9. The van der Waals surface area contributed by atoms with Crippen LogP contribution in [0.4, 0.5) is 11.4 Å². The molecule has 0 fully saturated rings. The van der Waals surface area contributed by atoms with Crippen molar-refractivity contribution in [3.05, 3.63) is 146 Å². The van der Waals surface area contributed by atoms with Gasteiger partial charge in [-0.15, -0.1) is 0 Å². The lowest BCUT2D eigenvalue weighted by molar-refractivity contribution is 0.590. The van der Waals surface area contributed by atoms with Crippen molar-refractivity contribution in [2.45, 2.75) is 62.2 Å². The van der Waals surface area contributed by atoms with Gasteiger partial charge in [-0.3, -0.25) is 9.44 Å². The Labute approximate surface area is 324 Å². The Morgan fingerprint density at radius 3 is 1.23 bits per heavy atom. The van der Waals surface area contributed by atoms with E-state index in [1.54, 1.807) is 54.6 Å². The van der Waals surface area contributed by atoms with Crippen molar-refractivity contribution in [2.24, 2.45) is 0 Å². The average molecular weight is 860 g/mol. The predicted molar refractivity (Wildman–Crippen MR) is 216 cm³/mol. The van der Waals surface area contributed by atoms with E-state index >= 15 is 0 Å². The summed E-state index contributed by atoms with van der Waals surface area (Å²) in [5.74, 6) is 12.4. The Kier molecular flexibility index (Phi) is 11.4. The van der Waals surface area contributed by atoms with E-state index < -0.39 is 20.0 Å². The minimum atomic E-state index is -3.89. The third-order valence-electron chi connectivity index (χ3n) is 7.91. The summed E-state index contributed by atoms with van der Waals surface area (Å²) in [4.78, 5) is 4.88. The summed E-state index contributed by atoms with van der Waals surface area (Å²) < 4.78 is 60.0. The summed E-state index contributed by atoms with van der Waals surface area (Å²) >= 11 is 6.69. The lowest BCUT2D eigenvalue weighted by atomic mass is 9.86. The Hall–Kier alpha value is -4.39. The van der Waals surface area contributed by atoms with Crippen molar-refractivity contribution in [2.75, 3.05) is 9.44 Å². The molecule has 52 heavy (non-hydrogen) atoms. The van der Waals surface area contributed by atoms with Gasteiger partial charge in [0, 0.05) is 20.1 Å². The fraction of sp³-hybridized carbons (Fsp3) is 0.195. The quantitative estimate of drug-likeness (QED) is 0.166. The molecule has 0 unspecified atom stereocenters. The molecule has 0 aliphatic heterocycles. The number of sulfonamides is 2. The number of nitrogens with one attached hydrogen (secondary N) is 2. The molecule has 0 bridgehead atoms. The van der Waals surface area contributed by atoms with Gasteiger partial charge in [0.2, 0.25) is 0 Å². The van der Waals surface area contributed by atoms with Crippen molar-refractivity contribution in [1.29, 1.82) is 0 Å². The van der Waals surface area contributed by atoms with Gasteiger partial charge in [-0.25, -0.2) is 21.8 Å². The smallest absolute Gasteiger partial charge is 0.261 e. The van der Waals surface area contributed by atoms with Gasteiger partial charge >= 0.3 is 0 Å².